The zero-order valence-electron chi connectivity index (χ0n) is 7.25. The Kier molecular flexibility index (Phi) is 3.19. The summed E-state index contributed by atoms with van der Waals surface area (Å²) < 4.78 is 0. The fourth-order valence-corrected chi connectivity index (χ4v) is 0.474. The third-order valence-electron chi connectivity index (χ3n) is 1.19. The van der Waals surface area contributed by atoms with Crippen molar-refractivity contribution in [3.63, 3.8) is 0 Å². The molecule has 0 radical (unpaired) electrons. The van der Waals surface area contributed by atoms with Crippen LogP contribution in [0.2, 0.25) is 0 Å². The number of aliphatic carboxylic acids is 1. The van der Waals surface area contributed by atoms with Gasteiger partial charge in [-0.3, -0.25) is 9.59 Å². The Balaban J connectivity index is 4.44. The summed E-state index contributed by atoms with van der Waals surface area (Å²) in [6.45, 7) is 2.94. The molecule has 5 nitrogen and oxygen atoms in total. The summed E-state index contributed by atoms with van der Waals surface area (Å²) in [5.41, 5.74) is -1.03. The van der Waals surface area contributed by atoms with Crippen molar-refractivity contribution in [3.8, 4) is 12.3 Å². The van der Waals surface area contributed by atoms with Crippen LogP contribution in [-0.2, 0) is 14.4 Å². The first-order valence-electron chi connectivity index (χ1n) is 3.37. The monoisotopic (exact) mass is 183 g/mol. The molecule has 0 unspecified atom stereocenters. The quantitative estimate of drug-likeness (QED) is 0.340. The highest BCUT2D eigenvalue weighted by atomic mass is 16.4. The lowest BCUT2D eigenvalue weighted by atomic mass is 10.1. The molecule has 5 heteroatoms. The van der Waals surface area contributed by atoms with Gasteiger partial charge in [0.25, 0.3) is 0 Å². The lowest BCUT2D eigenvalue weighted by Crippen LogP contribution is -2.47. The van der Waals surface area contributed by atoms with Gasteiger partial charge >= 0.3 is 17.7 Å². The summed E-state index contributed by atoms with van der Waals surface area (Å²) in [6, 6.07) is 0. The normalized spacial score (nSPS) is 9.92. The van der Waals surface area contributed by atoms with E-state index >= 15 is 0 Å². The van der Waals surface area contributed by atoms with Gasteiger partial charge in [-0.15, -0.1) is 6.42 Å². The Morgan fingerprint density at radius 1 is 1.38 bits per heavy atom. The molecule has 0 spiro atoms. The number of amides is 1. The first-order valence-corrected chi connectivity index (χ1v) is 3.37. The molecule has 0 aliphatic rings. The molecule has 0 saturated carbocycles. The van der Waals surface area contributed by atoms with Crippen molar-refractivity contribution in [2.24, 2.45) is 0 Å². The highest BCUT2D eigenvalue weighted by molar-refractivity contribution is 6.61. The standard InChI is InChI=1S/C8H9NO4/c1-4-8(2,3)9-6(11)5(10)7(12)13/h1H,2-3H3,(H,9,11)(H,12,13). The molecule has 1 amide bonds. The second kappa shape index (κ2) is 3.72. The first kappa shape index (κ1) is 11.2. The molecule has 70 valence electrons. The maximum atomic E-state index is 10.8. The SMILES string of the molecule is C#CC(C)(C)NC(=O)C(=O)C(=O)O. The van der Waals surface area contributed by atoms with Gasteiger partial charge in [0.15, 0.2) is 0 Å². The molecule has 0 aromatic rings. The minimum absolute atomic E-state index is 1.03. The summed E-state index contributed by atoms with van der Waals surface area (Å²) in [6.07, 6.45) is 5.01. The number of nitrogens with one attached hydrogen (secondary N) is 1. The number of hydrogen-bond acceptors (Lipinski definition) is 3. The van der Waals surface area contributed by atoms with Crippen LogP contribution < -0.4 is 5.32 Å². The Morgan fingerprint density at radius 2 is 1.85 bits per heavy atom. The fraction of sp³-hybridized carbons (Fsp3) is 0.375. The summed E-state index contributed by atoms with van der Waals surface area (Å²) >= 11 is 0. The molecule has 0 bridgehead atoms. The zero-order valence-corrected chi connectivity index (χ0v) is 7.25. The van der Waals surface area contributed by atoms with E-state index in [9.17, 15) is 14.4 Å². The largest absolute Gasteiger partial charge is 0.475 e. The minimum Gasteiger partial charge on any atom is -0.475 e. The summed E-state index contributed by atoms with van der Waals surface area (Å²) in [5.74, 6) is -2.35. The van der Waals surface area contributed by atoms with Crippen LogP contribution in [0, 0.1) is 12.3 Å². The third kappa shape index (κ3) is 3.38. The maximum Gasteiger partial charge on any atom is 0.382 e. The molecular weight excluding hydrogens is 174 g/mol. The number of carbonyl (C=O) groups excluding carboxylic acids is 2. The highest BCUT2D eigenvalue weighted by Gasteiger charge is 2.26. The Morgan fingerprint density at radius 3 is 2.15 bits per heavy atom. The molecule has 0 saturated heterocycles. The van der Waals surface area contributed by atoms with Crippen LogP contribution in [-0.4, -0.2) is 28.3 Å². The summed E-state index contributed by atoms with van der Waals surface area (Å²) in [4.78, 5) is 31.4. The highest BCUT2D eigenvalue weighted by Crippen LogP contribution is 1.98. The molecule has 13 heavy (non-hydrogen) atoms. The Labute approximate surface area is 75.1 Å². The average Bonchev–Trinajstić information content (AvgIpc) is 2.02. The van der Waals surface area contributed by atoms with Crippen molar-refractivity contribution in [1.29, 1.82) is 0 Å². The summed E-state index contributed by atoms with van der Waals surface area (Å²) in [7, 11) is 0. The first-order chi connectivity index (χ1) is 5.80. The molecule has 0 aromatic carbocycles. The zero-order chi connectivity index (χ0) is 10.6. The van der Waals surface area contributed by atoms with Crippen LogP contribution in [0.5, 0.6) is 0 Å². The molecule has 2 N–H and O–H groups in total. The molecule has 0 rings (SSSR count). The molecule has 0 aliphatic carbocycles. The second-order valence-electron chi connectivity index (χ2n) is 2.86. The Hall–Kier alpha value is -1.83. The summed E-state index contributed by atoms with van der Waals surface area (Å²) in [5, 5.41) is 10.2. The molecule has 0 atom stereocenters. The Bertz CT molecular complexity index is 298. The predicted molar refractivity (Wildman–Crippen MR) is 43.7 cm³/mol. The van der Waals surface area contributed by atoms with Crippen molar-refractivity contribution >= 4 is 17.7 Å². The van der Waals surface area contributed by atoms with Crippen LogP contribution in [0.4, 0.5) is 0 Å². The average molecular weight is 183 g/mol. The molecular formula is C8H9NO4. The van der Waals surface area contributed by atoms with Gasteiger partial charge < -0.3 is 10.4 Å². The van der Waals surface area contributed by atoms with Crippen molar-refractivity contribution in [2.75, 3.05) is 0 Å². The van der Waals surface area contributed by atoms with Crippen LogP contribution in [0.1, 0.15) is 13.8 Å². The number of carbonyl (C=O) groups is 3. The smallest absolute Gasteiger partial charge is 0.382 e. The van der Waals surface area contributed by atoms with Crippen molar-refractivity contribution in [2.45, 2.75) is 19.4 Å². The maximum absolute atomic E-state index is 10.8. The van der Waals surface area contributed by atoms with E-state index in [1.54, 1.807) is 0 Å². The van der Waals surface area contributed by atoms with Gasteiger partial charge in [0.05, 0.1) is 5.54 Å². The van der Waals surface area contributed by atoms with Crippen LogP contribution in [0.15, 0.2) is 0 Å². The van der Waals surface area contributed by atoms with E-state index in [0.29, 0.717) is 0 Å². The molecule has 0 fully saturated rings. The molecule has 0 heterocycles. The van der Waals surface area contributed by atoms with Crippen LogP contribution >= 0.6 is 0 Å². The van der Waals surface area contributed by atoms with E-state index in [2.05, 4.69) is 11.2 Å². The second-order valence-corrected chi connectivity index (χ2v) is 2.86. The minimum atomic E-state index is -1.80. The lowest BCUT2D eigenvalue weighted by Gasteiger charge is -2.17. The van der Waals surface area contributed by atoms with Gasteiger partial charge in [0.1, 0.15) is 0 Å². The van der Waals surface area contributed by atoms with Gasteiger partial charge in [-0.25, -0.2) is 4.79 Å². The van der Waals surface area contributed by atoms with Gasteiger partial charge in [-0.2, -0.15) is 0 Å². The molecule has 0 aliphatic heterocycles. The number of ketones is 1. The van der Waals surface area contributed by atoms with E-state index in [1.807, 2.05) is 0 Å². The topological polar surface area (TPSA) is 83.5 Å². The number of carboxylic acids is 1. The van der Waals surface area contributed by atoms with Crippen LogP contribution in [0.25, 0.3) is 0 Å². The van der Waals surface area contributed by atoms with Crippen LogP contribution in [0.3, 0.4) is 0 Å². The van der Waals surface area contributed by atoms with Gasteiger partial charge in [-0.1, -0.05) is 5.92 Å². The third-order valence-corrected chi connectivity index (χ3v) is 1.19. The number of carboxylic acid groups (broad SMARTS) is 1. The van der Waals surface area contributed by atoms with Gasteiger partial charge in [0.2, 0.25) is 0 Å². The van der Waals surface area contributed by atoms with E-state index < -0.39 is 23.2 Å². The number of Topliss-reactive ketones (excluding diaryl/α,β-unsaturated/α-hetero) is 1. The van der Waals surface area contributed by atoms with Gasteiger partial charge in [0, 0.05) is 0 Å². The van der Waals surface area contributed by atoms with Crippen molar-refractivity contribution in [1.82, 2.24) is 5.32 Å². The van der Waals surface area contributed by atoms with E-state index in [1.165, 1.54) is 13.8 Å². The number of rotatable bonds is 3. The fourth-order valence-electron chi connectivity index (χ4n) is 0.474. The number of terminal acetylenes is 1. The van der Waals surface area contributed by atoms with Crippen molar-refractivity contribution in [3.05, 3.63) is 0 Å². The van der Waals surface area contributed by atoms with E-state index in [4.69, 9.17) is 11.5 Å². The van der Waals surface area contributed by atoms with Crippen molar-refractivity contribution < 1.29 is 19.5 Å². The van der Waals surface area contributed by atoms with Gasteiger partial charge in [-0.05, 0) is 13.8 Å². The molecule has 0 aromatic heterocycles. The number of hydrogen-bond donors (Lipinski definition) is 2. The van der Waals surface area contributed by atoms with E-state index in [-0.39, 0.29) is 0 Å². The lowest BCUT2D eigenvalue weighted by molar-refractivity contribution is -0.153. The van der Waals surface area contributed by atoms with E-state index in [0.717, 1.165) is 0 Å². The predicted octanol–water partition coefficient (Wildman–Crippen LogP) is -0.832.